The van der Waals surface area contributed by atoms with Gasteiger partial charge in [-0.05, 0) is 29.7 Å². The third-order valence-corrected chi connectivity index (χ3v) is 2.97. The van der Waals surface area contributed by atoms with Crippen LogP contribution in [0, 0.1) is 0 Å². The number of carboxylic acids is 1. The van der Waals surface area contributed by atoms with Crippen molar-refractivity contribution in [3.05, 3.63) is 35.5 Å². The molecule has 0 aliphatic rings. The lowest BCUT2D eigenvalue weighted by molar-refractivity contribution is 0.0690. The van der Waals surface area contributed by atoms with Gasteiger partial charge in [0, 0.05) is 5.56 Å². The van der Waals surface area contributed by atoms with E-state index in [0.717, 1.165) is 11.1 Å². The molecule has 0 saturated carbocycles. The summed E-state index contributed by atoms with van der Waals surface area (Å²) >= 11 is 0. The van der Waals surface area contributed by atoms with E-state index in [9.17, 15) is 4.79 Å². The third kappa shape index (κ3) is 2.59. The molecule has 0 aliphatic heterocycles. The Kier molecular flexibility index (Phi) is 3.55. The molecule has 1 heterocycles. The molecule has 5 heteroatoms. The number of aromatic nitrogens is 2. The Morgan fingerprint density at radius 2 is 2.11 bits per heavy atom. The molecule has 100 valence electrons. The number of aromatic amines is 1. The van der Waals surface area contributed by atoms with Crippen molar-refractivity contribution >= 4 is 5.97 Å². The molecule has 2 N–H and O–H groups in total. The number of ether oxygens (including phenoxy) is 1. The van der Waals surface area contributed by atoms with Crippen molar-refractivity contribution < 1.29 is 14.6 Å². The highest BCUT2D eigenvalue weighted by Crippen LogP contribution is 2.32. The molecule has 0 saturated heterocycles. The molecule has 1 aromatic heterocycles. The van der Waals surface area contributed by atoms with Crippen molar-refractivity contribution in [2.45, 2.75) is 19.8 Å². The van der Waals surface area contributed by atoms with Crippen LogP contribution in [-0.2, 0) is 0 Å². The molecule has 0 radical (unpaired) electrons. The summed E-state index contributed by atoms with van der Waals surface area (Å²) < 4.78 is 5.30. The molecule has 0 spiro atoms. The van der Waals surface area contributed by atoms with E-state index >= 15 is 0 Å². The normalized spacial score (nSPS) is 10.7. The van der Waals surface area contributed by atoms with Crippen LogP contribution in [0.1, 0.15) is 35.8 Å². The Balaban J connectivity index is 2.51. The Labute approximate surface area is 111 Å². The molecule has 5 nitrogen and oxygen atoms in total. The van der Waals surface area contributed by atoms with Crippen molar-refractivity contribution in [1.82, 2.24) is 10.2 Å². The highest BCUT2D eigenvalue weighted by atomic mass is 16.5. The van der Waals surface area contributed by atoms with Gasteiger partial charge in [0.15, 0.2) is 0 Å². The number of methoxy groups -OCH3 is 1. The Hall–Kier alpha value is -2.30. The van der Waals surface area contributed by atoms with Crippen LogP contribution >= 0.6 is 0 Å². The van der Waals surface area contributed by atoms with E-state index in [-0.39, 0.29) is 5.69 Å². The number of carbonyl (C=O) groups is 1. The van der Waals surface area contributed by atoms with Gasteiger partial charge in [0.1, 0.15) is 11.4 Å². The van der Waals surface area contributed by atoms with Gasteiger partial charge in [-0.3, -0.25) is 5.10 Å². The van der Waals surface area contributed by atoms with Crippen LogP contribution in [-0.4, -0.2) is 28.4 Å². The molecule has 2 aromatic rings. The monoisotopic (exact) mass is 260 g/mol. The highest BCUT2D eigenvalue weighted by molar-refractivity contribution is 5.87. The maximum Gasteiger partial charge on any atom is 0.353 e. The largest absolute Gasteiger partial charge is 0.496 e. The molecule has 19 heavy (non-hydrogen) atoms. The number of benzene rings is 1. The van der Waals surface area contributed by atoms with Crippen LogP contribution < -0.4 is 4.74 Å². The number of hydrogen-bond donors (Lipinski definition) is 2. The average molecular weight is 260 g/mol. The highest BCUT2D eigenvalue weighted by Gasteiger charge is 2.14. The predicted molar refractivity (Wildman–Crippen MR) is 71.6 cm³/mol. The second-order valence-electron chi connectivity index (χ2n) is 4.59. The van der Waals surface area contributed by atoms with Crippen molar-refractivity contribution in [3.63, 3.8) is 0 Å². The fraction of sp³-hybridized carbons (Fsp3) is 0.286. The molecule has 2 rings (SSSR count). The summed E-state index contributed by atoms with van der Waals surface area (Å²) in [6.07, 6.45) is 0. The molecule has 0 unspecified atom stereocenters. The summed E-state index contributed by atoms with van der Waals surface area (Å²) in [4.78, 5) is 10.9. The first kappa shape index (κ1) is 13.1. The van der Waals surface area contributed by atoms with Crippen LogP contribution in [0.2, 0.25) is 0 Å². The molecular formula is C14H16N2O3. The number of hydrogen-bond acceptors (Lipinski definition) is 3. The minimum Gasteiger partial charge on any atom is -0.496 e. The van der Waals surface area contributed by atoms with Crippen molar-refractivity contribution in [2.75, 3.05) is 7.11 Å². The maximum absolute atomic E-state index is 10.9. The molecule has 0 aliphatic carbocycles. The number of carboxylic acid groups (broad SMARTS) is 1. The van der Waals surface area contributed by atoms with Crippen molar-refractivity contribution in [2.24, 2.45) is 0 Å². The topological polar surface area (TPSA) is 75.2 Å². The van der Waals surface area contributed by atoms with Crippen LogP contribution in [0.15, 0.2) is 24.3 Å². The molecule has 0 fully saturated rings. The second-order valence-corrected chi connectivity index (χ2v) is 4.59. The van der Waals surface area contributed by atoms with E-state index in [1.807, 2.05) is 18.2 Å². The van der Waals surface area contributed by atoms with Gasteiger partial charge in [0.05, 0.1) is 12.8 Å². The SMILES string of the molecule is COc1ccc(C(C)C)cc1-c1cc(C(=O)O)[nH]n1. The second kappa shape index (κ2) is 5.14. The van der Waals surface area contributed by atoms with Gasteiger partial charge in [-0.25, -0.2) is 4.79 Å². The first-order chi connectivity index (χ1) is 9.02. The first-order valence-electron chi connectivity index (χ1n) is 6.00. The zero-order valence-corrected chi connectivity index (χ0v) is 11.1. The fourth-order valence-corrected chi connectivity index (χ4v) is 1.85. The summed E-state index contributed by atoms with van der Waals surface area (Å²) in [6, 6.07) is 7.35. The molecule has 0 amide bonds. The van der Waals surface area contributed by atoms with Gasteiger partial charge in [0.25, 0.3) is 0 Å². The van der Waals surface area contributed by atoms with Gasteiger partial charge in [-0.15, -0.1) is 0 Å². The number of nitrogens with one attached hydrogen (secondary N) is 1. The number of nitrogens with zero attached hydrogens (tertiary/aromatic N) is 1. The smallest absolute Gasteiger partial charge is 0.353 e. The first-order valence-corrected chi connectivity index (χ1v) is 6.00. The van der Waals surface area contributed by atoms with E-state index in [0.29, 0.717) is 17.4 Å². The van der Waals surface area contributed by atoms with Gasteiger partial charge in [-0.2, -0.15) is 5.10 Å². The van der Waals surface area contributed by atoms with E-state index in [4.69, 9.17) is 9.84 Å². The van der Waals surface area contributed by atoms with Crippen LogP contribution in [0.5, 0.6) is 5.75 Å². The quantitative estimate of drug-likeness (QED) is 0.886. The van der Waals surface area contributed by atoms with E-state index in [1.165, 1.54) is 6.07 Å². The lowest BCUT2D eigenvalue weighted by atomic mass is 9.99. The summed E-state index contributed by atoms with van der Waals surface area (Å²) in [6.45, 7) is 4.19. The predicted octanol–water partition coefficient (Wildman–Crippen LogP) is 2.91. The summed E-state index contributed by atoms with van der Waals surface area (Å²) in [5.41, 5.74) is 2.57. The summed E-state index contributed by atoms with van der Waals surface area (Å²) in [5, 5.41) is 15.4. The summed E-state index contributed by atoms with van der Waals surface area (Å²) in [7, 11) is 1.58. The zero-order chi connectivity index (χ0) is 14.0. The molecular weight excluding hydrogens is 244 g/mol. The third-order valence-electron chi connectivity index (χ3n) is 2.97. The fourth-order valence-electron chi connectivity index (χ4n) is 1.85. The van der Waals surface area contributed by atoms with E-state index < -0.39 is 5.97 Å². The van der Waals surface area contributed by atoms with Gasteiger partial charge < -0.3 is 9.84 Å². The van der Waals surface area contributed by atoms with Crippen LogP contribution in [0.3, 0.4) is 0 Å². The van der Waals surface area contributed by atoms with E-state index in [1.54, 1.807) is 7.11 Å². The van der Waals surface area contributed by atoms with Crippen LogP contribution in [0.25, 0.3) is 11.3 Å². The standard InChI is InChI=1S/C14H16N2O3/c1-8(2)9-4-5-13(19-3)10(6-9)11-7-12(14(17)18)16-15-11/h4-8H,1-3H3,(H,15,16)(H,17,18). The maximum atomic E-state index is 10.9. The van der Waals surface area contributed by atoms with Crippen LogP contribution in [0.4, 0.5) is 0 Å². The Morgan fingerprint density at radius 1 is 1.37 bits per heavy atom. The minimum atomic E-state index is -1.03. The van der Waals surface area contributed by atoms with Crippen molar-refractivity contribution in [3.8, 4) is 17.0 Å². The van der Waals surface area contributed by atoms with Gasteiger partial charge in [-0.1, -0.05) is 19.9 Å². The van der Waals surface area contributed by atoms with Crippen molar-refractivity contribution in [1.29, 1.82) is 0 Å². The Bertz CT molecular complexity index is 602. The Morgan fingerprint density at radius 3 is 2.63 bits per heavy atom. The minimum absolute atomic E-state index is 0.0620. The number of rotatable bonds is 4. The van der Waals surface area contributed by atoms with Gasteiger partial charge in [0.2, 0.25) is 0 Å². The van der Waals surface area contributed by atoms with Gasteiger partial charge >= 0.3 is 5.97 Å². The summed E-state index contributed by atoms with van der Waals surface area (Å²) in [5.74, 6) is 0.0214. The zero-order valence-electron chi connectivity index (χ0n) is 11.1. The van der Waals surface area contributed by atoms with E-state index in [2.05, 4.69) is 24.0 Å². The lowest BCUT2D eigenvalue weighted by Crippen LogP contribution is -1.95. The lowest BCUT2D eigenvalue weighted by Gasteiger charge is -2.11. The molecule has 1 aromatic carbocycles. The average Bonchev–Trinajstić information content (AvgIpc) is 2.87. The number of H-pyrrole nitrogens is 1. The molecule has 0 atom stereocenters. The number of aromatic carboxylic acids is 1. The molecule has 0 bridgehead atoms.